The fourth-order valence-corrected chi connectivity index (χ4v) is 6.29. The second-order valence-electron chi connectivity index (χ2n) is 12.4. The predicted molar refractivity (Wildman–Crippen MR) is 177 cm³/mol. The first-order valence-corrected chi connectivity index (χ1v) is 15.8. The van der Waals surface area contributed by atoms with Gasteiger partial charge in [0.1, 0.15) is 0 Å². The van der Waals surface area contributed by atoms with Crippen LogP contribution in [0.4, 0.5) is 18.9 Å². The van der Waals surface area contributed by atoms with Crippen LogP contribution in [-0.4, -0.2) is 74.8 Å². The van der Waals surface area contributed by atoms with Gasteiger partial charge in [-0.05, 0) is 86.4 Å². The summed E-state index contributed by atoms with van der Waals surface area (Å²) in [6.45, 7) is 5.47. The third-order valence-electron chi connectivity index (χ3n) is 8.55. The molecule has 6 rings (SSSR count). The van der Waals surface area contributed by atoms with E-state index >= 15 is 0 Å². The van der Waals surface area contributed by atoms with Gasteiger partial charge >= 0.3 is 6.18 Å². The number of anilines is 1. The van der Waals surface area contributed by atoms with E-state index in [0.717, 1.165) is 10.2 Å². The molecule has 0 radical (unpaired) electrons. The lowest BCUT2D eigenvalue weighted by molar-refractivity contribution is -0.141. The summed E-state index contributed by atoms with van der Waals surface area (Å²) in [5, 5.41) is 7.39. The van der Waals surface area contributed by atoms with Crippen molar-refractivity contribution in [3.05, 3.63) is 94.5 Å². The molecule has 0 aliphatic carbocycles. The number of imidazole rings is 1. The zero-order valence-electron chi connectivity index (χ0n) is 27.5. The average molecular weight is 659 g/mol. The lowest BCUT2D eigenvalue weighted by Crippen LogP contribution is -2.38. The van der Waals surface area contributed by atoms with E-state index in [1.54, 1.807) is 40.3 Å². The molecule has 2 amide bonds. The van der Waals surface area contributed by atoms with E-state index in [4.69, 9.17) is 4.98 Å². The number of amides is 2. The van der Waals surface area contributed by atoms with Crippen LogP contribution in [0, 0.1) is 6.92 Å². The summed E-state index contributed by atoms with van der Waals surface area (Å²) in [6.07, 6.45) is 2.62. The number of alkyl halides is 3. The van der Waals surface area contributed by atoms with Crippen molar-refractivity contribution in [2.24, 2.45) is 7.05 Å². The summed E-state index contributed by atoms with van der Waals surface area (Å²) in [5.74, 6) is -0.588. The highest BCUT2D eigenvalue weighted by Crippen LogP contribution is 2.41. The zero-order valence-corrected chi connectivity index (χ0v) is 27.5. The minimum atomic E-state index is -4.69. The minimum absolute atomic E-state index is 0.0716. The van der Waals surface area contributed by atoms with Crippen molar-refractivity contribution in [2.45, 2.75) is 39.4 Å². The van der Waals surface area contributed by atoms with Gasteiger partial charge in [0.2, 0.25) is 0 Å². The second kappa shape index (κ2) is 12.9. The summed E-state index contributed by atoms with van der Waals surface area (Å²) in [4.78, 5) is 40.4. The van der Waals surface area contributed by atoms with Gasteiger partial charge < -0.3 is 19.7 Å². The largest absolute Gasteiger partial charge is 0.435 e. The molecule has 10 nitrogen and oxygen atoms in total. The van der Waals surface area contributed by atoms with E-state index in [-0.39, 0.29) is 23.9 Å². The van der Waals surface area contributed by atoms with Gasteiger partial charge in [0.15, 0.2) is 5.69 Å². The molecule has 4 heterocycles. The summed E-state index contributed by atoms with van der Waals surface area (Å²) in [7, 11) is 5.31. The second-order valence-corrected chi connectivity index (χ2v) is 12.4. The first kappa shape index (κ1) is 32.9. The highest BCUT2D eigenvalue weighted by molar-refractivity contribution is 6.15. The highest BCUT2D eigenvalue weighted by Gasteiger charge is 2.39. The quantitative estimate of drug-likeness (QED) is 0.232. The third kappa shape index (κ3) is 6.42. The molecule has 3 aromatic heterocycles. The SMILES string of the molecule is CCc1cc(C(=O)NCCN(C)C)c2nc(C)cc(N3CCc4c(cc(Cn5ccnc5)cc4-c4cn(C)nc4C(F)(F)F)C3=O)c2c1. The van der Waals surface area contributed by atoms with Crippen LogP contribution in [0.15, 0.2) is 55.2 Å². The molecule has 5 aromatic rings. The molecule has 0 fully saturated rings. The number of likely N-dealkylation sites (N-methyl/N-ethyl adjacent to an activating group) is 1. The Labute approximate surface area is 276 Å². The molecule has 0 saturated heterocycles. The lowest BCUT2D eigenvalue weighted by atomic mass is 9.87. The number of carbonyl (C=O) groups is 2. The summed E-state index contributed by atoms with van der Waals surface area (Å²) in [6, 6.07) is 9.11. The van der Waals surface area contributed by atoms with Crippen molar-refractivity contribution in [2.75, 3.05) is 38.6 Å². The molecule has 0 atom stereocenters. The number of carbonyl (C=O) groups excluding carboxylic acids is 2. The maximum absolute atomic E-state index is 14.5. The van der Waals surface area contributed by atoms with Crippen molar-refractivity contribution in [1.29, 1.82) is 0 Å². The Kier molecular flexibility index (Phi) is 8.82. The number of pyridine rings is 1. The van der Waals surface area contributed by atoms with Crippen molar-refractivity contribution in [3.63, 3.8) is 0 Å². The fourth-order valence-electron chi connectivity index (χ4n) is 6.29. The van der Waals surface area contributed by atoms with Crippen LogP contribution in [0.5, 0.6) is 0 Å². The number of benzene rings is 2. The molecular formula is C35H37F3N8O2. The van der Waals surface area contributed by atoms with Crippen molar-refractivity contribution in [1.82, 2.24) is 34.5 Å². The van der Waals surface area contributed by atoms with Gasteiger partial charge in [0, 0.05) is 74.0 Å². The van der Waals surface area contributed by atoms with Crippen molar-refractivity contribution in [3.8, 4) is 11.1 Å². The maximum atomic E-state index is 14.5. The molecule has 13 heteroatoms. The fraction of sp³-hybridized carbons (Fsp3) is 0.343. The molecule has 2 aromatic carbocycles. The van der Waals surface area contributed by atoms with Crippen LogP contribution in [0.25, 0.3) is 22.0 Å². The number of hydrogen-bond acceptors (Lipinski definition) is 6. The number of hydrogen-bond donors (Lipinski definition) is 1. The first-order chi connectivity index (χ1) is 22.8. The summed E-state index contributed by atoms with van der Waals surface area (Å²) >= 11 is 0. The number of nitrogens with zero attached hydrogens (tertiary/aromatic N) is 7. The van der Waals surface area contributed by atoms with Crippen molar-refractivity contribution < 1.29 is 22.8 Å². The zero-order chi connectivity index (χ0) is 34.3. The third-order valence-corrected chi connectivity index (χ3v) is 8.55. The van der Waals surface area contributed by atoms with Crippen molar-refractivity contribution >= 4 is 28.4 Å². The van der Waals surface area contributed by atoms with Gasteiger partial charge in [-0.1, -0.05) is 6.92 Å². The number of rotatable bonds is 9. The number of aromatic nitrogens is 5. The van der Waals surface area contributed by atoms with Gasteiger partial charge in [0.05, 0.1) is 23.1 Å². The minimum Gasteiger partial charge on any atom is -0.351 e. The molecule has 0 saturated carbocycles. The van der Waals surface area contributed by atoms with Gasteiger partial charge in [-0.2, -0.15) is 18.3 Å². The van der Waals surface area contributed by atoms with E-state index in [0.29, 0.717) is 82.6 Å². The van der Waals surface area contributed by atoms with Crippen LogP contribution in [0.2, 0.25) is 0 Å². The summed E-state index contributed by atoms with van der Waals surface area (Å²) < 4.78 is 45.5. The Bertz CT molecular complexity index is 2010. The molecular weight excluding hydrogens is 621 g/mol. The van der Waals surface area contributed by atoms with E-state index in [2.05, 4.69) is 15.4 Å². The Hall–Kier alpha value is -5.04. The van der Waals surface area contributed by atoms with Crippen LogP contribution in [0.1, 0.15) is 55.7 Å². The molecule has 0 bridgehead atoms. The Morgan fingerprint density at radius 1 is 1.06 bits per heavy atom. The van der Waals surface area contributed by atoms with Crippen LogP contribution in [-0.2, 0) is 32.6 Å². The Morgan fingerprint density at radius 2 is 1.83 bits per heavy atom. The lowest BCUT2D eigenvalue weighted by Gasteiger charge is -2.32. The van der Waals surface area contributed by atoms with Gasteiger partial charge in [-0.25, -0.2) is 4.98 Å². The average Bonchev–Trinajstić information content (AvgIpc) is 3.69. The van der Waals surface area contributed by atoms with Crippen LogP contribution >= 0.6 is 0 Å². The number of fused-ring (bicyclic) bond motifs is 2. The number of aryl methyl sites for hydroxylation is 3. The van der Waals surface area contributed by atoms with Gasteiger partial charge in [-0.3, -0.25) is 19.3 Å². The Morgan fingerprint density at radius 3 is 2.52 bits per heavy atom. The molecule has 48 heavy (non-hydrogen) atoms. The molecule has 1 aliphatic rings. The van der Waals surface area contributed by atoms with E-state index < -0.39 is 11.9 Å². The van der Waals surface area contributed by atoms with Crippen LogP contribution < -0.4 is 10.2 Å². The van der Waals surface area contributed by atoms with Crippen LogP contribution in [0.3, 0.4) is 0 Å². The molecule has 0 spiro atoms. The summed E-state index contributed by atoms with van der Waals surface area (Å²) in [5.41, 5.74) is 3.83. The molecule has 1 aliphatic heterocycles. The van der Waals surface area contributed by atoms with E-state index in [1.807, 2.05) is 51.0 Å². The highest BCUT2D eigenvalue weighted by atomic mass is 19.4. The van der Waals surface area contributed by atoms with Gasteiger partial charge in [-0.15, -0.1) is 0 Å². The predicted octanol–water partition coefficient (Wildman–Crippen LogP) is 5.26. The topological polar surface area (TPSA) is 101 Å². The standard InChI is InChI=1S/C35H37F3N8O2/c1-6-22-14-27-30(13-21(2)41-31(27)28(15-22)33(47)40-9-11-43(3)4)46-10-7-24-25(29-19-44(5)42-32(29)35(36,37)38)16-23(17-26(24)34(46)48)18-45-12-8-39-20-45/h8,12-17,19-20H,6-7,9-11,18H2,1-5H3,(H,40,47). The Balaban J connectivity index is 1.49. The molecule has 0 unspecified atom stereocenters. The molecule has 250 valence electrons. The first-order valence-electron chi connectivity index (χ1n) is 15.8. The normalized spacial score (nSPS) is 13.4. The molecule has 1 N–H and O–H groups in total. The van der Waals surface area contributed by atoms with E-state index in [9.17, 15) is 22.8 Å². The maximum Gasteiger partial charge on any atom is 0.435 e. The van der Waals surface area contributed by atoms with E-state index in [1.165, 1.54) is 13.2 Å². The monoisotopic (exact) mass is 658 g/mol. The number of nitrogens with one attached hydrogen (secondary N) is 1. The number of halogens is 3. The smallest absolute Gasteiger partial charge is 0.351 e. The van der Waals surface area contributed by atoms with Gasteiger partial charge in [0.25, 0.3) is 11.8 Å².